The fourth-order valence-corrected chi connectivity index (χ4v) is 4.45. The van der Waals surface area contributed by atoms with Crippen molar-refractivity contribution in [1.29, 1.82) is 0 Å². The van der Waals surface area contributed by atoms with Gasteiger partial charge in [0.1, 0.15) is 0 Å². The van der Waals surface area contributed by atoms with Crippen LogP contribution in [0.5, 0.6) is 0 Å². The normalized spacial score (nSPS) is 29.6. The first-order chi connectivity index (χ1) is 12.3. The fourth-order valence-electron chi connectivity index (χ4n) is 4.45. The van der Waals surface area contributed by atoms with Crippen LogP contribution in [0.4, 0.5) is 4.79 Å². The highest BCUT2D eigenvalue weighted by Crippen LogP contribution is 2.23. The lowest BCUT2D eigenvalue weighted by atomic mass is 9.99. The van der Waals surface area contributed by atoms with Crippen LogP contribution in [0.2, 0.25) is 0 Å². The largest absolute Gasteiger partial charge is 0.373 e. The Hall–Kier alpha value is -1.59. The Balaban J connectivity index is 1.20. The molecule has 0 saturated carbocycles. The summed E-state index contributed by atoms with van der Waals surface area (Å²) in [4.78, 5) is 16.9. The van der Waals surface area contributed by atoms with Gasteiger partial charge in [-0.1, -0.05) is 30.3 Å². The quantitative estimate of drug-likeness (QED) is 0.911. The summed E-state index contributed by atoms with van der Waals surface area (Å²) in [6.45, 7) is 5.32. The molecule has 3 fully saturated rings. The maximum absolute atomic E-state index is 12.5. The molecule has 4 rings (SSSR count). The first kappa shape index (κ1) is 16.9. The van der Waals surface area contributed by atoms with E-state index < -0.39 is 0 Å². The molecule has 3 aliphatic rings. The molecule has 0 bridgehead atoms. The highest BCUT2D eigenvalue weighted by Gasteiger charge is 2.33. The molecular formula is C20H29N3O2. The molecule has 2 amide bonds. The number of rotatable bonds is 4. The minimum atomic E-state index is 0.0720. The molecule has 1 aromatic rings. The monoisotopic (exact) mass is 343 g/mol. The Morgan fingerprint density at radius 2 is 2.04 bits per heavy atom. The SMILES string of the molecule is O=C(NC[C@@H]1CN2CCC[C@@H]2CO1)N1CC[C@H](Cc2ccccc2)C1. The minimum absolute atomic E-state index is 0.0720. The zero-order valence-corrected chi connectivity index (χ0v) is 14.9. The van der Waals surface area contributed by atoms with E-state index in [1.807, 2.05) is 4.90 Å². The summed E-state index contributed by atoms with van der Waals surface area (Å²) in [6, 6.07) is 11.3. The molecule has 1 N–H and O–H groups in total. The molecule has 136 valence electrons. The van der Waals surface area contributed by atoms with Gasteiger partial charge in [0.15, 0.2) is 0 Å². The van der Waals surface area contributed by atoms with Crippen molar-refractivity contribution in [3.63, 3.8) is 0 Å². The third-order valence-corrected chi connectivity index (χ3v) is 5.88. The van der Waals surface area contributed by atoms with E-state index >= 15 is 0 Å². The Kier molecular flexibility index (Phi) is 5.22. The lowest BCUT2D eigenvalue weighted by Gasteiger charge is -2.35. The highest BCUT2D eigenvalue weighted by molar-refractivity contribution is 5.74. The average molecular weight is 343 g/mol. The maximum Gasteiger partial charge on any atom is 0.317 e. The molecule has 3 aliphatic heterocycles. The van der Waals surface area contributed by atoms with Crippen molar-refractivity contribution in [3.8, 4) is 0 Å². The number of likely N-dealkylation sites (tertiary alicyclic amines) is 1. The molecule has 3 saturated heterocycles. The van der Waals surface area contributed by atoms with Crippen LogP contribution in [-0.4, -0.2) is 67.3 Å². The van der Waals surface area contributed by atoms with Gasteiger partial charge in [0, 0.05) is 32.2 Å². The van der Waals surface area contributed by atoms with Crippen LogP contribution in [0.1, 0.15) is 24.8 Å². The number of nitrogens with zero attached hydrogens (tertiary/aromatic N) is 2. The Morgan fingerprint density at radius 1 is 1.16 bits per heavy atom. The Morgan fingerprint density at radius 3 is 2.92 bits per heavy atom. The summed E-state index contributed by atoms with van der Waals surface area (Å²) in [6.07, 6.45) is 4.84. The van der Waals surface area contributed by atoms with Crippen molar-refractivity contribution >= 4 is 6.03 Å². The van der Waals surface area contributed by atoms with Crippen molar-refractivity contribution < 1.29 is 9.53 Å². The number of amides is 2. The standard InChI is InChI=1S/C20H29N3O2/c24-20(21-12-19-14-22-9-4-7-18(22)15-25-19)23-10-8-17(13-23)11-16-5-2-1-3-6-16/h1-3,5-6,17-19H,4,7-15H2,(H,21,24)/t17-,18-,19-/m1/s1. The number of urea groups is 1. The van der Waals surface area contributed by atoms with Gasteiger partial charge < -0.3 is 15.0 Å². The number of ether oxygens (including phenoxy) is 1. The summed E-state index contributed by atoms with van der Waals surface area (Å²) in [5, 5.41) is 3.09. The highest BCUT2D eigenvalue weighted by atomic mass is 16.5. The summed E-state index contributed by atoms with van der Waals surface area (Å²) < 4.78 is 5.93. The molecule has 0 unspecified atom stereocenters. The molecule has 25 heavy (non-hydrogen) atoms. The number of carbonyl (C=O) groups is 1. The summed E-state index contributed by atoms with van der Waals surface area (Å²) in [5.74, 6) is 0.574. The third-order valence-electron chi connectivity index (χ3n) is 5.88. The number of hydrogen-bond donors (Lipinski definition) is 1. The number of carbonyl (C=O) groups excluding carboxylic acids is 1. The zero-order valence-electron chi connectivity index (χ0n) is 14.9. The van der Waals surface area contributed by atoms with Gasteiger partial charge in [-0.2, -0.15) is 0 Å². The van der Waals surface area contributed by atoms with Crippen molar-refractivity contribution in [2.24, 2.45) is 5.92 Å². The topological polar surface area (TPSA) is 44.8 Å². The van der Waals surface area contributed by atoms with Crippen molar-refractivity contribution in [2.45, 2.75) is 37.8 Å². The van der Waals surface area contributed by atoms with Gasteiger partial charge in [0.2, 0.25) is 0 Å². The predicted octanol–water partition coefficient (Wildman–Crippen LogP) is 2.12. The summed E-state index contributed by atoms with van der Waals surface area (Å²) >= 11 is 0. The van der Waals surface area contributed by atoms with Crippen LogP contribution < -0.4 is 5.32 Å². The van der Waals surface area contributed by atoms with E-state index in [-0.39, 0.29) is 12.1 Å². The first-order valence-corrected chi connectivity index (χ1v) is 9.70. The molecule has 0 aliphatic carbocycles. The van der Waals surface area contributed by atoms with E-state index in [4.69, 9.17) is 4.74 Å². The smallest absolute Gasteiger partial charge is 0.317 e. The number of fused-ring (bicyclic) bond motifs is 1. The summed E-state index contributed by atoms with van der Waals surface area (Å²) in [7, 11) is 0. The Bertz CT molecular complexity index is 580. The van der Waals surface area contributed by atoms with E-state index in [2.05, 4.69) is 40.5 Å². The van der Waals surface area contributed by atoms with Crippen molar-refractivity contribution in [3.05, 3.63) is 35.9 Å². The second kappa shape index (κ2) is 7.75. The van der Waals surface area contributed by atoms with Gasteiger partial charge >= 0.3 is 6.03 Å². The molecule has 0 spiro atoms. The van der Waals surface area contributed by atoms with E-state index in [0.29, 0.717) is 18.5 Å². The van der Waals surface area contributed by atoms with Crippen LogP contribution in [-0.2, 0) is 11.2 Å². The third kappa shape index (κ3) is 4.15. The predicted molar refractivity (Wildman–Crippen MR) is 97.6 cm³/mol. The molecular weight excluding hydrogens is 314 g/mol. The summed E-state index contributed by atoms with van der Waals surface area (Å²) in [5.41, 5.74) is 1.37. The molecule has 1 aromatic carbocycles. The van der Waals surface area contributed by atoms with Gasteiger partial charge in [-0.25, -0.2) is 4.79 Å². The average Bonchev–Trinajstić information content (AvgIpc) is 3.29. The van der Waals surface area contributed by atoms with Gasteiger partial charge in [0.05, 0.1) is 12.7 Å². The molecule has 3 atom stereocenters. The van der Waals surface area contributed by atoms with Crippen LogP contribution in [0.25, 0.3) is 0 Å². The van der Waals surface area contributed by atoms with Gasteiger partial charge in [0.25, 0.3) is 0 Å². The van der Waals surface area contributed by atoms with Crippen LogP contribution in [0, 0.1) is 5.92 Å². The first-order valence-electron chi connectivity index (χ1n) is 9.70. The van der Waals surface area contributed by atoms with E-state index in [9.17, 15) is 4.79 Å². The van der Waals surface area contributed by atoms with E-state index in [0.717, 1.165) is 39.1 Å². The van der Waals surface area contributed by atoms with Gasteiger partial charge in [-0.05, 0) is 43.7 Å². The second-order valence-electron chi connectivity index (χ2n) is 7.72. The van der Waals surface area contributed by atoms with E-state index in [1.54, 1.807) is 0 Å². The number of hydrogen-bond acceptors (Lipinski definition) is 3. The minimum Gasteiger partial charge on any atom is -0.373 e. The maximum atomic E-state index is 12.5. The van der Waals surface area contributed by atoms with Crippen LogP contribution in [0.15, 0.2) is 30.3 Å². The van der Waals surface area contributed by atoms with Gasteiger partial charge in [-0.15, -0.1) is 0 Å². The lowest BCUT2D eigenvalue weighted by molar-refractivity contribution is -0.0460. The number of benzene rings is 1. The number of nitrogens with one attached hydrogen (secondary N) is 1. The van der Waals surface area contributed by atoms with Crippen LogP contribution >= 0.6 is 0 Å². The molecule has 5 nitrogen and oxygen atoms in total. The van der Waals surface area contributed by atoms with Crippen LogP contribution in [0.3, 0.4) is 0 Å². The Labute approximate surface area is 150 Å². The lowest BCUT2D eigenvalue weighted by Crippen LogP contribution is -2.51. The molecule has 5 heteroatoms. The number of morpholine rings is 1. The van der Waals surface area contributed by atoms with E-state index in [1.165, 1.54) is 24.9 Å². The molecule has 3 heterocycles. The van der Waals surface area contributed by atoms with Gasteiger partial charge in [-0.3, -0.25) is 4.90 Å². The second-order valence-corrected chi connectivity index (χ2v) is 7.72. The zero-order chi connectivity index (χ0) is 17.1. The van der Waals surface area contributed by atoms with Crippen molar-refractivity contribution in [1.82, 2.24) is 15.1 Å². The van der Waals surface area contributed by atoms with Crippen molar-refractivity contribution in [2.75, 3.05) is 39.3 Å². The molecule has 0 radical (unpaired) electrons. The fraction of sp³-hybridized carbons (Fsp3) is 0.650. The molecule has 0 aromatic heterocycles.